The first kappa shape index (κ1) is 14.8. The molecule has 0 saturated heterocycles. The van der Waals surface area contributed by atoms with Crippen LogP contribution in [0.4, 0.5) is 13.2 Å². The number of hydrogen-bond donors (Lipinski definition) is 0. The quantitative estimate of drug-likeness (QED) is 0.723. The highest BCUT2D eigenvalue weighted by Gasteiger charge is 2.44. The lowest BCUT2D eigenvalue weighted by atomic mass is 9.90. The molecule has 1 aliphatic carbocycles. The molecule has 22 heavy (non-hydrogen) atoms. The van der Waals surface area contributed by atoms with Crippen LogP contribution < -0.4 is 0 Å². The van der Waals surface area contributed by atoms with Crippen LogP contribution in [0.15, 0.2) is 42.5 Å². The monoisotopic (exact) mass is 324 g/mol. The number of rotatable bonds is 1. The third-order valence-electron chi connectivity index (χ3n) is 3.61. The van der Waals surface area contributed by atoms with E-state index in [9.17, 15) is 22.8 Å². The van der Waals surface area contributed by atoms with E-state index >= 15 is 0 Å². The summed E-state index contributed by atoms with van der Waals surface area (Å²) in [5.41, 5.74) is -1.11. The Morgan fingerprint density at radius 2 is 1.45 bits per heavy atom. The number of fused-ring (bicyclic) bond motifs is 1. The number of halogens is 4. The normalized spacial score (nSPS) is 15.3. The van der Waals surface area contributed by atoms with Crippen molar-refractivity contribution in [2.24, 2.45) is 0 Å². The molecule has 112 valence electrons. The lowest BCUT2D eigenvalue weighted by molar-refractivity contribution is -0.138. The van der Waals surface area contributed by atoms with Crippen molar-refractivity contribution < 1.29 is 22.8 Å². The molecule has 1 aliphatic rings. The van der Waals surface area contributed by atoms with E-state index in [1.54, 1.807) is 12.1 Å². The molecule has 2 aromatic rings. The summed E-state index contributed by atoms with van der Waals surface area (Å²) in [6.07, 6.45) is -4.70. The summed E-state index contributed by atoms with van der Waals surface area (Å²) in [6, 6.07) is 9.10. The number of carbonyl (C=O) groups excluding carboxylic acids is 2. The molecule has 0 atom stereocenters. The first-order valence-corrected chi connectivity index (χ1v) is 6.72. The Labute approximate surface area is 128 Å². The van der Waals surface area contributed by atoms with Gasteiger partial charge in [0, 0.05) is 16.1 Å². The number of alkyl halides is 3. The molecule has 0 aliphatic heterocycles. The van der Waals surface area contributed by atoms with Gasteiger partial charge in [-0.05, 0) is 17.7 Å². The van der Waals surface area contributed by atoms with Crippen molar-refractivity contribution in [1.29, 1.82) is 0 Å². The predicted molar refractivity (Wildman–Crippen MR) is 74.3 cm³/mol. The molecule has 0 unspecified atom stereocenters. The van der Waals surface area contributed by atoms with Gasteiger partial charge in [0.15, 0.2) is 11.6 Å². The lowest BCUT2D eigenvalue weighted by Crippen LogP contribution is -2.19. The number of Topliss-reactive ketones (excluding diaryl/α,β-unsaturated/α-hetero) is 2. The van der Waals surface area contributed by atoms with Crippen molar-refractivity contribution in [1.82, 2.24) is 0 Å². The second-order valence-electron chi connectivity index (χ2n) is 4.94. The highest BCUT2D eigenvalue weighted by atomic mass is 35.5. The van der Waals surface area contributed by atoms with Gasteiger partial charge in [0.25, 0.3) is 0 Å². The Bertz CT molecular complexity index is 761. The third-order valence-corrected chi connectivity index (χ3v) is 3.85. The fourth-order valence-electron chi connectivity index (χ4n) is 2.65. The highest BCUT2D eigenvalue weighted by molar-refractivity contribution is 6.31. The Balaban J connectivity index is 2.19. The molecule has 0 N–H and O–H groups in total. The summed E-state index contributed by atoms with van der Waals surface area (Å²) in [6.45, 7) is 0. The second kappa shape index (κ2) is 4.95. The molecule has 0 spiro atoms. The maximum atomic E-state index is 13.2. The van der Waals surface area contributed by atoms with Gasteiger partial charge < -0.3 is 0 Å². The van der Waals surface area contributed by atoms with Gasteiger partial charge in [-0.15, -0.1) is 0 Å². The molecule has 0 fully saturated rings. The smallest absolute Gasteiger partial charge is 0.293 e. The molecule has 0 heterocycles. The maximum Gasteiger partial charge on any atom is 0.416 e. The summed E-state index contributed by atoms with van der Waals surface area (Å²) in [5, 5.41) is -0.105. The van der Waals surface area contributed by atoms with Gasteiger partial charge in [-0.25, -0.2) is 0 Å². The van der Waals surface area contributed by atoms with Gasteiger partial charge in [0.1, 0.15) is 5.92 Å². The Morgan fingerprint density at radius 1 is 0.909 bits per heavy atom. The number of ketones is 2. The zero-order chi connectivity index (χ0) is 16.1. The summed E-state index contributed by atoms with van der Waals surface area (Å²) in [7, 11) is 0. The van der Waals surface area contributed by atoms with E-state index in [1.165, 1.54) is 18.2 Å². The van der Waals surface area contributed by atoms with E-state index in [-0.39, 0.29) is 21.7 Å². The van der Waals surface area contributed by atoms with Gasteiger partial charge in [0.05, 0.1) is 5.56 Å². The molecule has 0 radical (unpaired) electrons. The van der Waals surface area contributed by atoms with E-state index in [2.05, 4.69) is 0 Å². The fourth-order valence-corrected chi connectivity index (χ4v) is 2.82. The van der Waals surface area contributed by atoms with E-state index in [1.807, 2.05) is 0 Å². The van der Waals surface area contributed by atoms with Crippen molar-refractivity contribution in [3.05, 3.63) is 69.7 Å². The molecular weight excluding hydrogens is 317 g/mol. The van der Waals surface area contributed by atoms with Gasteiger partial charge in [-0.3, -0.25) is 9.59 Å². The standard InChI is InChI=1S/C16H8ClF3O2/c17-8-5-6-11(12(7-8)16(18,19)20)13-14(21)9-3-1-2-4-10(9)15(13)22/h1-7,13H. The molecule has 0 saturated carbocycles. The van der Waals surface area contributed by atoms with Crippen molar-refractivity contribution in [3.8, 4) is 0 Å². The average Bonchev–Trinajstić information content (AvgIpc) is 2.71. The minimum absolute atomic E-state index is 0.105. The molecule has 0 amide bonds. The van der Waals surface area contributed by atoms with Crippen LogP contribution in [0.25, 0.3) is 0 Å². The van der Waals surface area contributed by atoms with Crippen molar-refractivity contribution in [3.63, 3.8) is 0 Å². The predicted octanol–water partition coefficient (Wildman–Crippen LogP) is 4.52. The van der Waals surface area contributed by atoms with Crippen LogP contribution in [0, 0.1) is 0 Å². The van der Waals surface area contributed by atoms with Crippen LogP contribution in [0.1, 0.15) is 37.8 Å². The fraction of sp³-hybridized carbons (Fsp3) is 0.125. The summed E-state index contributed by atoms with van der Waals surface area (Å²) in [4.78, 5) is 24.7. The van der Waals surface area contributed by atoms with E-state index in [0.717, 1.165) is 12.1 Å². The van der Waals surface area contributed by atoms with Crippen LogP contribution in [0.5, 0.6) is 0 Å². The zero-order valence-electron chi connectivity index (χ0n) is 10.9. The lowest BCUT2D eigenvalue weighted by Gasteiger charge is -2.16. The van der Waals surface area contributed by atoms with E-state index < -0.39 is 29.2 Å². The van der Waals surface area contributed by atoms with E-state index in [0.29, 0.717) is 0 Å². The molecule has 2 aromatic carbocycles. The number of hydrogen-bond acceptors (Lipinski definition) is 2. The summed E-state index contributed by atoms with van der Waals surface area (Å²) < 4.78 is 39.6. The zero-order valence-corrected chi connectivity index (χ0v) is 11.7. The molecule has 2 nitrogen and oxygen atoms in total. The van der Waals surface area contributed by atoms with Gasteiger partial charge in [-0.1, -0.05) is 41.9 Å². The van der Waals surface area contributed by atoms with E-state index in [4.69, 9.17) is 11.6 Å². The minimum atomic E-state index is -4.70. The van der Waals surface area contributed by atoms with Gasteiger partial charge >= 0.3 is 6.18 Å². The Morgan fingerprint density at radius 3 is 1.95 bits per heavy atom. The van der Waals surface area contributed by atoms with Crippen molar-refractivity contribution in [2.45, 2.75) is 12.1 Å². The molecule has 0 bridgehead atoms. The molecule has 0 aromatic heterocycles. The first-order valence-electron chi connectivity index (χ1n) is 6.35. The highest BCUT2D eigenvalue weighted by Crippen LogP contribution is 2.41. The van der Waals surface area contributed by atoms with Crippen LogP contribution >= 0.6 is 11.6 Å². The van der Waals surface area contributed by atoms with Crippen molar-refractivity contribution >= 4 is 23.2 Å². The van der Waals surface area contributed by atoms with Crippen molar-refractivity contribution in [2.75, 3.05) is 0 Å². The maximum absolute atomic E-state index is 13.2. The summed E-state index contributed by atoms with van der Waals surface area (Å²) in [5.74, 6) is -2.70. The SMILES string of the molecule is O=C1c2ccccc2C(=O)C1c1ccc(Cl)cc1C(F)(F)F. The van der Waals surface area contributed by atoms with Gasteiger partial charge in [-0.2, -0.15) is 13.2 Å². The Hall–Kier alpha value is -2.14. The average molecular weight is 325 g/mol. The minimum Gasteiger partial charge on any atom is -0.293 e. The van der Waals surface area contributed by atoms with Crippen LogP contribution in [0.3, 0.4) is 0 Å². The first-order chi connectivity index (χ1) is 10.3. The van der Waals surface area contributed by atoms with Gasteiger partial charge in [0.2, 0.25) is 0 Å². The summed E-state index contributed by atoms with van der Waals surface area (Å²) >= 11 is 5.62. The third kappa shape index (κ3) is 2.22. The van der Waals surface area contributed by atoms with Crippen LogP contribution in [-0.4, -0.2) is 11.6 Å². The topological polar surface area (TPSA) is 34.1 Å². The molecule has 3 rings (SSSR count). The molecular formula is C16H8ClF3O2. The van der Waals surface area contributed by atoms with Crippen LogP contribution in [-0.2, 0) is 6.18 Å². The largest absolute Gasteiger partial charge is 0.416 e. The molecule has 6 heteroatoms. The second-order valence-corrected chi connectivity index (χ2v) is 5.37. The number of benzene rings is 2. The van der Waals surface area contributed by atoms with Crippen LogP contribution in [0.2, 0.25) is 5.02 Å². The Kier molecular flexibility index (Phi) is 3.33. The number of carbonyl (C=O) groups is 2.